The Morgan fingerprint density at radius 3 is 2.56 bits per heavy atom. The lowest BCUT2D eigenvalue weighted by Gasteiger charge is -2.29. The average molecular weight is 362 g/mol. The zero-order valence-corrected chi connectivity index (χ0v) is 15.6. The van der Waals surface area contributed by atoms with Crippen LogP contribution in [0.25, 0.3) is 11.5 Å². The second-order valence-corrected chi connectivity index (χ2v) is 7.17. The van der Waals surface area contributed by atoms with Gasteiger partial charge >= 0.3 is 0 Å². The number of carbonyl (C=O) groups excluding carboxylic acids is 1. The molecule has 27 heavy (non-hydrogen) atoms. The van der Waals surface area contributed by atoms with E-state index in [4.69, 9.17) is 4.74 Å². The third-order valence-corrected chi connectivity index (χ3v) is 5.33. The van der Waals surface area contributed by atoms with E-state index in [0.29, 0.717) is 6.61 Å². The number of hydrogen-bond acceptors (Lipinski definition) is 4. The molecule has 1 N–H and O–H groups in total. The second-order valence-electron chi connectivity index (χ2n) is 7.17. The highest BCUT2D eigenvalue weighted by Gasteiger charge is 2.27. The first kappa shape index (κ1) is 17.8. The summed E-state index contributed by atoms with van der Waals surface area (Å²) >= 11 is 0. The minimum atomic E-state index is -0.353. The zero-order chi connectivity index (χ0) is 18.5. The van der Waals surface area contributed by atoms with Crippen molar-refractivity contribution in [2.75, 3.05) is 26.2 Å². The molecule has 0 spiro atoms. The molecule has 2 aromatic carbocycles. The maximum absolute atomic E-state index is 11.7. The SMILES string of the molecule is O=CC1NC(c2ccccc2)=C(OCCCN2CCCC2)c2ccccc21. The first-order valence-electron chi connectivity index (χ1n) is 9.83. The maximum atomic E-state index is 11.7. The standard InChI is InChI=1S/C23H26N2O2/c26-17-21-19-11-4-5-12-20(19)23(22(24-21)18-9-2-1-3-10-18)27-16-8-15-25-13-6-7-14-25/h1-5,9-12,17,21,24H,6-8,13-16H2. The van der Waals surface area contributed by atoms with Crippen molar-refractivity contribution < 1.29 is 9.53 Å². The Labute approximate surface area is 160 Å². The van der Waals surface area contributed by atoms with Gasteiger partial charge in [0.2, 0.25) is 0 Å². The number of aldehydes is 1. The van der Waals surface area contributed by atoms with Crippen molar-refractivity contribution in [3.8, 4) is 0 Å². The van der Waals surface area contributed by atoms with E-state index < -0.39 is 0 Å². The fourth-order valence-electron chi connectivity index (χ4n) is 3.95. The number of nitrogens with one attached hydrogen (secondary N) is 1. The molecule has 140 valence electrons. The minimum absolute atomic E-state index is 0.353. The van der Waals surface area contributed by atoms with Gasteiger partial charge in [-0.25, -0.2) is 0 Å². The first-order valence-corrected chi connectivity index (χ1v) is 9.83. The molecule has 0 bridgehead atoms. The van der Waals surface area contributed by atoms with Crippen LogP contribution < -0.4 is 5.32 Å². The minimum Gasteiger partial charge on any atom is -0.491 e. The molecule has 0 saturated carbocycles. The van der Waals surface area contributed by atoms with E-state index in [9.17, 15) is 4.79 Å². The van der Waals surface area contributed by atoms with Crippen LogP contribution in [-0.2, 0) is 9.53 Å². The van der Waals surface area contributed by atoms with Crippen molar-refractivity contribution in [2.24, 2.45) is 0 Å². The van der Waals surface area contributed by atoms with Crippen LogP contribution in [0.2, 0.25) is 0 Å². The van der Waals surface area contributed by atoms with Gasteiger partial charge in [-0.1, -0.05) is 54.6 Å². The molecule has 1 atom stereocenters. The Kier molecular flexibility index (Phi) is 5.54. The molecule has 4 heteroatoms. The molecule has 0 radical (unpaired) electrons. The van der Waals surface area contributed by atoms with Gasteiger partial charge in [0.1, 0.15) is 12.3 Å². The van der Waals surface area contributed by atoms with Crippen molar-refractivity contribution in [1.82, 2.24) is 10.2 Å². The van der Waals surface area contributed by atoms with E-state index in [1.807, 2.05) is 54.6 Å². The highest BCUT2D eigenvalue weighted by atomic mass is 16.5. The summed E-state index contributed by atoms with van der Waals surface area (Å²) in [4.78, 5) is 14.2. The predicted molar refractivity (Wildman–Crippen MR) is 108 cm³/mol. The molecule has 1 fully saturated rings. The maximum Gasteiger partial charge on any atom is 0.150 e. The lowest BCUT2D eigenvalue weighted by Crippen LogP contribution is -2.28. The fraction of sp³-hybridized carbons (Fsp3) is 0.348. The smallest absolute Gasteiger partial charge is 0.150 e. The summed E-state index contributed by atoms with van der Waals surface area (Å²) in [6.07, 6.45) is 4.60. The number of benzene rings is 2. The number of fused-ring (bicyclic) bond motifs is 1. The van der Waals surface area contributed by atoms with Gasteiger partial charge in [0.15, 0.2) is 5.76 Å². The van der Waals surface area contributed by atoms with Gasteiger partial charge in [-0.3, -0.25) is 0 Å². The van der Waals surface area contributed by atoms with Crippen molar-refractivity contribution in [1.29, 1.82) is 0 Å². The molecule has 1 unspecified atom stereocenters. The highest BCUT2D eigenvalue weighted by Crippen LogP contribution is 2.36. The van der Waals surface area contributed by atoms with Gasteiger partial charge in [-0.2, -0.15) is 0 Å². The number of hydrogen-bond donors (Lipinski definition) is 1. The van der Waals surface area contributed by atoms with E-state index in [0.717, 1.165) is 47.4 Å². The third-order valence-electron chi connectivity index (χ3n) is 5.33. The van der Waals surface area contributed by atoms with Gasteiger partial charge in [-0.15, -0.1) is 0 Å². The largest absolute Gasteiger partial charge is 0.491 e. The number of ether oxygens (including phenoxy) is 1. The first-order chi connectivity index (χ1) is 13.4. The zero-order valence-electron chi connectivity index (χ0n) is 15.6. The van der Waals surface area contributed by atoms with Gasteiger partial charge in [0.25, 0.3) is 0 Å². The molecule has 2 aromatic rings. The summed E-state index contributed by atoms with van der Waals surface area (Å²) in [7, 11) is 0. The normalized spacial score (nSPS) is 19.5. The molecule has 4 nitrogen and oxygen atoms in total. The van der Waals surface area contributed by atoms with E-state index in [1.165, 1.54) is 25.9 Å². The molecule has 2 aliphatic rings. The summed E-state index contributed by atoms with van der Waals surface area (Å²) in [5.41, 5.74) is 3.91. The second kappa shape index (κ2) is 8.40. The lowest BCUT2D eigenvalue weighted by atomic mass is 9.93. The Morgan fingerprint density at radius 1 is 1.04 bits per heavy atom. The van der Waals surface area contributed by atoms with Crippen molar-refractivity contribution >= 4 is 17.7 Å². The van der Waals surface area contributed by atoms with Crippen LogP contribution in [-0.4, -0.2) is 37.4 Å². The van der Waals surface area contributed by atoms with Gasteiger partial charge in [0, 0.05) is 17.7 Å². The van der Waals surface area contributed by atoms with Crippen LogP contribution in [0.4, 0.5) is 0 Å². The van der Waals surface area contributed by atoms with Gasteiger partial charge < -0.3 is 19.7 Å². The van der Waals surface area contributed by atoms with Crippen molar-refractivity contribution in [3.63, 3.8) is 0 Å². The van der Waals surface area contributed by atoms with E-state index in [1.54, 1.807) is 0 Å². The molecule has 1 saturated heterocycles. The van der Waals surface area contributed by atoms with Gasteiger partial charge in [-0.05, 0) is 37.9 Å². The number of nitrogens with zero attached hydrogens (tertiary/aromatic N) is 1. The highest BCUT2D eigenvalue weighted by molar-refractivity contribution is 5.92. The monoisotopic (exact) mass is 362 g/mol. The summed E-state index contributed by atoms with van der Waals surface area (Å²) < 4.78 is 6.30. The summed E-state index contributed by atoms with van der Waals surface area (Å²) in [6.45, 7) is 4.18. The van der Waals surface area contributed by atoms with E-state index in [2.05, 4.69) is 10.2 Å². The quantitative estimate of drug-likeness (QED) is 0.600. The van der Waals surface area contributed by atoms with E-state index in [-0.39, 0.29) is 6.04 Å². The average Bonchev–Trinajstić information content (AvgIpc) is 3.25. The fourth-order valence-corrected chi connectivity index (χ4v) is 3.95. The molecule has 0 amide bonds. The van der Waals surface area contributed by atoms with Crippen LogP contribution in [0.15, 0.2) is 54.6 Å². The summed E-state index contributed by atoms with van der Waals surface area (Å²) in [6, 6.07) is 17.8. The third kappa shape index (κ3) is 3.91. The molecule has 2 heterocycles. The van der Waals surface area contributed by atoms with E-state index >= 15 is 0 Å². The Balaban J connectivity index is 1.60. The Bertz CT molecular complexity index is 810. The Hall–Kier alpha value is -2.59. The molecule has 4 rings (SSSR count). The topological polar surface area (TPSA) is 41.6 Å². The van der Waals surface area contributed by atoms with Crippen LogP contribution in [0, 0.1) is 0 Å². The Morgan fingerprint density at radius 2 is 1.78 bits per heavy atom. The predicted octanol–water partition coefficient (Wildman–Crippen LogP) is 3.86. The number of rotatable bonds is 7. The van der Waals surface area contributed by atoms with Crippen LogP contribution in [0.1, 0.15) is 42.0 Å². The van der Waals surface area contributed by atoms with Crippen LogP contribution in [0.3, 0.4) is 0 Å². The van der Waals surface area contributed by atoms with Crippen molar-refractivity contribution in [3.05, 3.63) is 71.3 Å². The molecule has 0 aromatic heterocycles. The summed E-state index contributed by atoms with van der Waals surface area (Å²) in [5.74, 6) is 0.844. The summed E-state index contributed by atoms with van der Waals surface area (Å²) in [5, 5.41) is 3.38. The molecular weight excluding hydrogens is 336 g/mol. The molecular formula is C23H26N2O2. The lowest BCUT2D eigenvalue weighted by molar-refractivity contribution is -0.109. The molecule has 2 aliphatic heterocycles. The number of likely N-dealkylation sites (tertiary alicyclic amines) is 1. The molecule has 0 aliphatic carbocycles. The van der Waals surface area contributed by atoms with Gasteiger partial charge in [0.05, 0.1) is 12.3 Å². The van der Waals surface area contributed by atoms with Crippen molar-refractivity contribution in [2.45, 2.75) is 25.3 Å². The number of carbonyl (C=O) groups is 1. The van der Waals surface area contributed by atoms with Crippen LogP contribution in [0.5, 0.6) is 0 Å². The van der Waals surface area contributed by atoms with Crippen LogP contribution >= 0.6 is 0 Å².